The Labute approximate surface area is 347 Å². The van der Waals surface area contributed by atoms with Crippen LogP contribution in [-0.4, -0.2) is 130 Å². The van der Waals surface area contributed by atoms with Gasteiger partial charge in [-0.1, -0.05) is 34.6 Å². The molecule has 0 aromatic heterocycles. The maximum Gasteiger partial charge on any atom is 0.311 e. The standard InChI is InChI=1S/C42H68O17/c1-18-15-19(2)32(59-40-36(47)42(51,27(10)43)16-20(3)53-40)22(5)35(57-30-17-41(13,52-14)37(26(9)54-30)56-29(12)45)25(8)39(50)58-34(24(7)38(48)49)23(6)33(55-28(11)44)21(4)31(18)46/h18-26,30,32-37,40,47,51H,15-17H2,1-14H3,(H,48,49)/t18-,19+,20-,21+,22-,23-,24+,25-,26+,30+,32+,33-,34+,35?,36+,37-,40+,41-,42+/m1/s1. The average molecular weight is 845 g/mol. The van der Waals surface area contributed by atoms with Crippen LogP contribution in [0.1, 0.15) is 109 Å². The number of rotatable bonds is 10. The smallest absolute Gasteiger partial charge is 0.311 e. The Morgan fingerprint density at radius 3 is 1.93 bits per heavy atom. The fourth-order valence-corrected chi connectivity index (χ4v) is 9.21. The predicted molar refractivity (Wildman–Crippen MR) is 207 cm³/mol. The fourth-order valence-electron chi connectivity index (χ4n) is 9.21. The highest BCUT2D eigenvalue weighted by molar-refractivity contribution is 5.85. The number of carboxylic acid groups (broad SMARTS) is 1. The molecule has 0 spiro atoms. The van der Waals surface area contributed by atoms with Gasteiger partial charge in [0.2, 0.25) is 0 Å². The second-order valence-electron chi connectivity index (χ2n) is 17.6. The number of Topliss-reactive ketones (excluding diaryl/α,β-unsaturated/α-hetero) is 2. The highest BCUT2D eigenvalue weighted by Gasteiger charge is 2.54. The lowest BCUT2D eigenvalue weighted by Crippen LogP contribution is -2.62. The molecule has 3 saturated heterocycles. The quantitative estimate of drug-likeness (QED) is 0.211. The number of carboxylic acids is 1. The molecular formula is C42H68O17. The van der Waals surface area contributed by atoms with Crippen molar-refractivity contribution in [3.8, 4) is 0 Å². The van der Waals surface area contributed by atoms with E-state index in [9.17, 15) is 44.1 Å². The van der Waals surface area contributed by atoms with Gasteiger partial charge in [-0.3, -0.25) is 28.8 Å². The highest BCUT2D eigenvalue weighted by Crippen LogP contribution is 2.41. The van der Waals surface area contributed by atoms with E-state index in [1.165, 1.54) is 34.8 Å². The summed E-state index contributed by atoms with van der Waals surface area (Å²) < 4.78 is 48.8. The number of carbonyl (C=O) groups is 6. The SMILES string of the molecule is CO[C@]1(C)C[C@H](OC2[C@@H](C)C(=O)O[C@H]([C@H](C)C(=O)O)[C@H](C)[C@H](OC(C)=O)[C@@H](C)C(=O)[C@H](C)C[C@H](C)[C@H](O[C@@H]3O[C@H](C)C[C@](O)(C(C)=O)[C@H]3O)[C@H]2C)O[C@@H](C)[C@H]1OC(C)=O. The lowest BCUT2D eigenvalue weighted by Gasteiger charge is -2.48. The molecule has 0 aliphatic carbocycles. The van der Waals surface area contributed by atoms with E-state index in [-0.39, 0.29) is 25.0 Å². The Balaban J connectivity index is 2.25. The molecule has 19 atom stereocenters. The summed E-state index contributed by atoms with van der Waals surface area (Å²) in [5, 5.41) is 32.9. The fraction of sp³-hybridized carbons (Fsp3) is 0.857. The number of aliphatic hydroxyl groups excluding tert-OH is 1. The first-order valence-corrected chi connectivity index (χ1v) is 20.6. The van der Waals surface area contributed by atoms with Crippen molar-refractivity contribution in [2.75, 3.05) is 7.11 Å². The summed E-state index contributed by atoms with van der Waals surface area (Å²) in [7, 11) is 1.46. The minimum atomic E-state index is -2.20. The van der Waals surface area contributed by atoms with Gasteiger partial charge in [0, 0.05) is 51.6 Å². The average Bonchev–Trinajstić information content (AvgIpc) is 3.14. The van der Waals surface area contributed by atoms with E-state index in [2.05, 4.69) is 0 Å². The van der Waals surface area contributed by atoms with Crippen LogP contribution in [0, 0.1) is 41.4 Å². The summed E-state index contributed by atoms with van der Waals surface area (Å²) in [6, 6.07) is 0. The highest BCUT2D eigenvalue weighted by atomic mass is 16.7. The second-order valence-corrected chi connectivity index (χ2v) is 17.6. The van der Waals surface area contributed by atoms with Crippen LogP contribution in [0.4, 0.5) is 0 Å². The van der Waals surface area contributed by atoms with E-state index in [1.54, 1.807) is 55.4 Å². The van der Waals surface area contributed by atoms with E-state index in [0.29, 0.717) is 0 Å². The van der Waals surface area contributed by atoms with Gasteiger partial charge in [-0.05, 0) is 53.9 Å². The molecule has 0 aromatic carbocycles. The van der Waals surface area contributed by atoms with Crippen LogP contribution in [0.3, 0.4) is 0 Å². The second kappa shape index (κ2) is 20.2. The summed E-state index contributed by atoms with van der Waals surface area (Å²) in [5.41, 5.74) is -3.32. The van der Waals surface area contributed by atoms with Crippen LogP contribution in [-0.2, 0) is 66.7 Å². The Morgan fingerprint density at radius 2 is 1.41 bits per heavy atom. The molecule has 3 aliphatic heterocycles. The van der Waals surface area contributed by atoms with Crippen molar-refractivity contribution in [1.29, 1.82) is 0 Å². The number of ether oxygens (including phenoxy) is 8. The number of aliphatic carboxylic acids is 1. The van der Waals surface area contributed by atoms with E-state index in [0.717, 1.165) is 6.92 Å². The molecule has 0 bridgehead atoms. The van der Waals surface area contributed by atoms with Crippen LogP contribution in [0.25, 0.3) is 0 Å². The topological polar surface area (TPSA) is 237 Å². The molecule has 0 amide bonds. The molecule has 59 heavy (non-hydrogen) atoms. The largest absolute Gasteiger partial charge is 0.481 e. The summed E-state index contributed by atoms with van der Waals surface area (Å²) >= 11 is 0. The molecule has 3 aliphatic rings. The normalized spacial score (nSPS) is 43.4. The number of hydrogen-bond acceptors (Lipinski definition) is 16. The number of carbonyl (C=O) groups excluding carboxylic acids is 5. The lowest BCUT2D eigenvalue weighted by atomic mass is 9.76. The Morgan fingerprint density at radius 1 is 0.814 bits per heavy atom. The Hall–Kier alpha value is -3.06. The molecule has 3 rings (SSSR count). The van der Waals surface area contributed by atoms with Crippen molar-refractivity contribution in [3.05, 3.63) is 0 Å². The van der Waals surface area contributed by atoms with Crippen molar-refractivity contribution in [2.45, 2.75) is 182 Å². The molecular weight excluding hydrogens is 776 g/mol. The summed E-state index contributed by atoms with van der Waals surface area (Å²) in [4.78, 5) is 78.4. The Kier molecular flexibility index (Phi) is 17.2. The molecule has 3 heterocycles. The van der Waals surface area contributed by atoms with Crippen LogP contribution in [0.2, 0.25) is 0 Å². The Bertz CT molecular complexity index is 1520. The first kappa shape index (κ1) is 50.3. The van der Waals surface area contributed by atoms with Gasteiger partial charge in [0.25, 0.3) is 0 Å². The minimum Gasteiger partial charge on any atom is -0.481 e. The van der Waals surface area contributed by atoms with Gasteiger partial charge in [0.15, 0.2) is 30.1 Å². The first-order valence-electron chi connectivity index (χ1n) is 20.6. The number of hydrogen-bond donors (Lipinski definition) is 3. The van der Waals surface area contributed by atoms with Crippen LogP contribution in [0.5, 0.6) is 0 Å². The summed E-state index contributed by atoms with van der Waals surface area (Å²) in [6.45, 7) is 19.9. The molecule has 17 heteroatoms. The van der Waals surface area contributed by atoms with Crippen molar-refractivity contribution in [1.82, 2.24) is 0 Å². The molecule has 338 valence electrons. The minimum absolute atomic E-state index is 0.0225. The number of cyclic esters (lactones) is 1. The number of aliphatic hydroxyl groups is 2. The van der Waals surface area contributed by atoms with Crippen molar-refractivity contribution >= 4 is 35.4 Å². The van der Waals surface area contributed by atoms with E-state index in [1.807, 2.05) is 0 Å². The first-order chi connectivity index (χ1) is 27.2. The monoisotopic (exact) mass is 844 g/mol. The van der Waals surface area contributed by atoms with E-state index in [4.69, 9.17) is 37.9 Å². The van der Waals surface area contributed by atoms with Crippen molar-refractivity contribution in [3.63, 3.8) is 0 Å². The van der Waals surface area contributed by atoms with Gasteiger partial charge in [-0.25, -0.2) is 0 Å². The van der Waals surface area contributed by atoms with E-state index < -0.39 is 144 Å². The number of esters is 3. The predicted octanol–water partition coefficient (Wildman–Crippen LogP) is 3.40. The molecule has 1 unspecified atom stereocenters. The van der Waals surface area contributed by atoms with Gasteiger partial charge in [-0.15, -0.1) is 0 Å². The number of methoxy groups -OCH3 is 1. The molecule has 3 fully saturated rings. The summed E-state index contributed by atoms with van der Waals surface area (Å²) in [6.07, 6.45) is -11.5. The van der Waals surface area contributed by atoms with Crippen LogP contribution in [0.15, 0.2) is 0 Å². The van der Waals surface area contributed by atoms with Crippen LogP contribution >= 0.6 is 0 Å². The third kappa shape index (κ3) is 11.5. The van der Waals surface area contributed by atoms with Gasteiger partial charge >= 0.3 is 23.9 Å². The third-order valence-corrected chi connectivity index (χ3v) is 12.7. The van der Waals surface area contributed by atoms with Crippen molar-refractivity contribution < 1.29 is 82.0 Å². The lowest BCUT2D eigenvalue weighted by molar-refractivity contribution is -0.319. The maximum atomic E-state index is 14.5. The summed E-state index contributed by atoms with van der Waals surface area (Å²) in [5.74, 6) is -11.0. The number of ketones is 2. The van der Waals surface area contributed by atoms with Gasteiger partial charge in [-0.2, -0.15) is 0 Å². The molecule has 0 radical (unpaired) electrons. The molecule has 0 saturated carbocycles. The van der Waals surface area contributed by atoms with E-state index >= 15 is 0 Å². The van der Waals surface area contributed by atoms with Crippen molar-refractivity contribution in [2.24, 2.45) is 41.4 Å². The zero-order valence-electron chi connectivity index (χ0n) is 37.0. The van der Waals surface area contributed by atoms with Crippen LogP contribution < -0.4 is 0 Å². The molecule has 17 nitrogen and oxygen atoms in total. The zero-order valence-corrected chi connectivity index (χ0v) is 37.0. The molecule has 3 N–H and O–H groups in total. The van der Waals surface area contributed by atoms with Gasteiger partial charge in [0.1, 0.15) is 29.7 Å². The maximum absolute atomic E-state index is 14.5. The van der Waals surface area contributed by atoms with Gasteiger partial charge in [0.05, 0.1) is 42.2 Å². The zero-order chi connectivity index (χ0) is 45.1. The molecule has 0 aromatic rings. The van der Waals surface area contributed by atoms with Gasteiger partial charge < -0.3 is 53.2 Å². The third-order valence-electron chi connectivity index (χ3n) is 12.7.